The third kappa shape index (κ3) is 4.38. The number of benzene rings is 1. The number of nitriles is 1. The van der Waals surface area contributed by atoms with Crippen LogP contribution >= 0.6 is 0 Å². The molecule has 1 aliphatic rings. The van der Waals surface area contributed by atoms with Crippen molar-refractivity contribution in [3.8, 4) is 17.3 Å². The summed E-state index contributed by atoms with van der Waals surface area (Å²) in [4.78, 5) is 22.6. The van der Waals surface area contributed by atoms with E-state index in [1.54, 1.807) is 18.3 Å². The van der Waals surface area contributed by atoms with Crippen LogP contribution in [0.4, 0.5) is 5.82 Å². The van der Waals surface area contributed by atoms with E-state index in [1.165, 1.54) is 11.6 Å². The second-order valence-corrected chi connectivity index (χ2v) is 8.82. The number of nitrogens with one attached hydrogen (secondary N) is 1. The summed E-state index contributed by atoms with van der Waals surface area (Å²) in [7, 11) is 0. The van der Waals surface area contributed by atoms with Gasteiger partial charge in [0.25, 0.3) is 0 Å². The van der Waals surface area contributed by atoms with Crippen LogP contribution in [0.5, 0.6) is 0 Å². The van der Waals surface area contributed by atoms with E-state index in [-0.39, 0.29) is 17.9 Å². The Balaban J connectivity index is 1.40. The van der Waals surface area contributed by atoms with E-state index < -0.39 is 0 Å². The number of hydrogen-bond acceptors (Lipinski definition) is 5. The molecule has 0 spiro atoms. The summed E-state index contributed by atoms with van der Waals surface area (Å²) in [5.41, 5.74) is 6.23. The summed E-state index contributed by atoms with van der Waals surface area (Å²) in [6.07, 6.45) is 7.63. The fourth-order valence-corrected chi connectivity index (χ4v) is 4.80. The molecular weight excluding hydrogens is 436 g/mol. The van der Waals surface area contributed by atoms with E-state index in [0.717, 1.165) is 35.3 Å². The third-order valence-electron chi connectivity index (χ3n) is 6.68. The summed E-state index contributed by atoms with van der Waals surface area (Å²) in [5, 5.41) is 12.5. The lowest BCUT2D eigenvalue weighted by atomic mass is 9.98. The molecule has 2 atom stereocenters. The number of nitrogens with zero attached hydrogens (tertiary/aromatic N) is 5. The zero-order valence-electron chi connectivity index (χ0n) is 19.6. The SMILES string of the molecule is C=CC(=O)N1CCC(c2cc(-c3ccc(C(C)Nc4cc(C#N)ccn4)cc3)n3cnccc23)C1. The lowest BCUT2D eigenvalue weighted by Gasteiger charge is -2.15. The van der Waals surface area contributed by atoms with Crippen LogP contribution in [-0.4, -0.2) is 38.3 Å². The Morgan fingerprint density at radius 2 is 2.06 bits per heavy atom. The van der Waals surface area contributed by atoms with Gasteiger partial charge in [0.2, 0.25) is 5.91 Å². The van der Waals surface area contributed by atoms with Gasteiger partial charge in [0.15, 0.2) is 0 Å². The molecule has 0 radical (unpaired) electrons. The Kier molecular flexibility index (Phi) is 6.02. The van der Waals surface area contributed by atoms with Gasteiger partial charge in [-0.25, -0.2) is 9.97 Å². The zero-order chi connectivity index (χ0) is 24.4. The van der Waals surface area contributed by atoms with E-state index >= 15 is 0 Å². The Labute approximate surface area is 204 Å². The largest absolute Gasteiger partial charge is 0.364 e. The minimum atomic E-state index is -0.00854. The highest BCUT2D eigenvalue weighted by molar-refractivity contribution is 5.87. The number of carbonyl (C=O) groups excluding carboxylic acids is 1. The van der Waals surface area contributed by atoms with Crippen molar-refractivity contribution >= 4 is 17.2 Å². The van der Waals surface area contributed by atoms with Crippen molar-refractivity contribution in [2.75, 3.05) is 18.4 Å². The van der Waals surface area contributed by atoms with Crippen molar-refractivity contribution in [2.45, 2.75) is 25.3 Å². The zero-order valence-corrected chi connectivity index (χ0v) is 19.6. The van der Waals surface area contributed by atoms with E-state index in [4.69, 9.17) is 5.26 Å². The Morgan fingerprint density at radius 3 is 2.83 bits per heavy atom. The normalized spacial score (nSPS) is 16.1. The Morgan fingerprint density at radius 1 is 1.23 bits per heavy atom. The average molecular weight is 463 g/mol. The number of likely N-dealkylation sites (tertiary alicyclic amines) is 1. The first-order valence-corrected chi connectivity index (χ1v) is 11.7. The number of amides is 1. The second-order valence-electron chi connectivity index (χ2n) is 8.82. The number of pyridine rings is 1. The van der Waals surface area contributed by atoms with Crippen molar-refractivity contribution in [1.82, 2.24) is 19.3 Å². The average Bonchev–Trinajstić information content (AvgIpc) is 3.54. The molecule has 1 fully saturated rings. The van der Waals surface area contributed by atoms with Gasteiger partial charge in [0.05, 0.1) is 29.2 Å². The molecule has 2 unspecified atom stereocenters. The Hall–Kier alpha value is -4.44. The number of anilines is 1. The molecule has 0 aliphatic carbocycles. The highest BCUT2D eigenvalue weighted by atomic mass is 16.2. The first-order chi connectivity index (χ1) is 17.1. The minimum Gasteiger partial charge on any atom is -0.364 e. The van der Waals surface area contributed by atoms with Gasteiger partial charge in [-0.2, -0.15) is 5.26 Å². The molecule has 0 bridgehead atoms. The smallest absolute Gasteiger partial charge is 0.245 e. The molecule has 1 aliphatic heterocycles. The fraction of sp³-hybridized carbons (Fsp3) is 0.214. The lowest BCUT2D eigenvalue weighted by Crippen LogP contribution is -2.26. The van der Waals surface area contributed by atoms with Crippen molar-refractivity contribution in [3.05, 3.63) is 96.6 Å². The maximum absolute atomic E-state index is 12.1. The molecule has 4 heterocycles. The molecule has 1 aromatic carbocycles. The lowest BCUT2D eigenvalue weighted by molar-refractivity contribution is -0.125. The quantitative estimate of drug-likeness (QED) is 0.410. The van der Waals surface area contributed by atoms with E-state index in [1.807, 2.05) is 23.5 Å². The monoisotopic (exact) mass is 462 g/mol. The minimum absolute atomic E-state index is 0.00854. The molecule has 3 aromatic heterocycles. The van der Waals surface area contributed by atoms with Crippen molar-refractivity contribution in [1.29, 1.82) is 5.26 Å². The van der Waals surface area contributed by atoms with E-state index in [0.29, 0.717) is 17.9 Å². The van der Waals surface area contributed by atoms with Gasteiger partial charge in [-0.1, -0.05) is 30.8 Å². The molecule has 1 N–H and O–H groups in total. The summed E-state index contributed by atoms with van der Waals surface area (Å²) >= 11 is 0. The molecular formula is C28H26N6O. The summed E-state index contributed by atoms with van der Waals surface area (Å²) in [6.45, 7) is 7.15. The van der Waals surface area contributed by atoms with Crippen LogP contribution in [0.1, 0.15) is 42.0 Å². The highest BCUT2D eigenvalue weighted by Crippen LogP contribution is 2.35. The van der Waals surface area contributed by atoms with Crippen molar-refractivity contribution in [2.24, 2.45) is 0 Å². The van der Waals surface area contributed by atoms with Crippen LogP contribution in [0.15, 0.2) is 79.9 Å². The number of carbonyl (C=O) groups is 1. The first kappa shape index (κ1) is 22.4. The predicted molar refractivity (Wildman–Crippen MR) is 136 cm³/mol. The van der Waals surface area contributed by atoms with E-state index in [9.17, 15) is 4.79 Å². The van der Waals surface area contributed by atoms with E-state index in [2.05, 4.69) is 69.6 Å². The second kappa shape index (κ2) is 9.43. The summed E-state index contributed by atoms with van der Waals surface area (Å²) in [6, 6.07) is 18.3. The van der Waals surface area contributed by atoms with Crippen LogP contribution in [0, 0.1) is 11.3 Å². The third-order valence-corrected chi connectivity index (χ3v) is 6.68. The fourth-order valence-electron chi connectivity index (χ4n) is 4.80. The maximum Gasteiger partial charge on any atom is 0.245 e. The summed E-state index contributed by atoms with van der Waals surface area (Å²) < 4.78 is 2.13. The van der Waals surface area contributed by atoms with Crippen LogP contribution in [0.2, 0.25) is 0 Å². The Bertz CT molecular complexity index is 1430. The van der Waals surface area contributed by atoms with Crippen LogP contribution in [-0.2, 0) is 4.79 Å². The van der Waals surface area contributed by atoms with Crippen molar-refractivity contribution < 1.29 is 4.79 Å². The van der Waals surface area contributed by atoms with Crippen LogP contribution < -0.4 is 5.32 Å². The molecule has 4 aromatic rings. The van der Waals surface area contributed by atoms with Gasteiger partial charge >= 0.3 is 0 Å². The van der Waals surface area contributed by atoms with Crippen LogP contribution in [0.3, 0.4) is 0 Å². The molecule has 7 nitrogen and oxygen atoms in total. The number of hydrogen-bond donors (Lipinski definition) is 1. The predicted octanol–water partition coefficient (Wildman–Crippen LogP) is 4.94. The van der Waals surface area contributed by atoms with Gasteiger partial charge in [-0.15, -0.1) is 0 Å². The molecule has 1 amide bonds. The van der Waals surface area contributed by atoms with Gasteiger partial charge in [-0.3, -0.25) is 4.79 Å². The molecule has 5 rings (SSSR count). The first-order valence-electron chi connectivity index (χ1n) is 11.7. The molecule has 0 saturated carbocycles. The number of aromatic nitrogens is 3. The van der Waals surface area contributed by atoms with Crippen molar-refractivity contribution in [3.63, 3.8) is 0 Å². The highest BCUT2D eigenvalue weighted by Gasteiger charge is 2.28. The standard InChI is InChI=1S/C28H26N6O/c1-3-28(35)33-13-10-23(17-33)24-15-26(34-18-30-11-9-25(24)34)22-6-4-21(5-7-22)19(2)32-27-14-20(16-29)8-12-31-27/h3-9,11-12,14-15,18-19,23H,1,10,13,17H2,2H3,(H,31,32). The molecule has 174 valence electrons. The molecule has 35 heavy (non-hydrogen) atoms. The summed E-state index contributed by atoms with van der Waals surface area (Å²) in [5.74, 6) is 0.950. The molecule has 7 heteroatoms. The van der Waals surface area contributed by atoms with Gasteiger partial charge in [0, 0.05) is 37.4 Å². The van der Waals surface area contributed by atoms with Gasteiger partial charge < -0.3 is 14.6 Å². The maximum atomic E-state index is 12.1. The van der Waals surface area contributed by atoms with Crippen LogP contribution in [0.25, 0.3) is 16.8 Å². The molecule has 1 saturated heterocycles. The topological polar surface area (TPSA) is 86.3 Å². The van der Waals surface area contributed by atoms with Gasteiger partial charge in [-0.05, 0) is 60.4 Å². The van der Waals surface area contributed by atoms with Gasteiger partial charge in [0.1, 0.15) is 5.82 Å². The number of fused-ring (bicyclic) bond motifs is 1. The number of rotatable bonds is 6.